The van der Waals surface area contributed by atoms with E-state index < -0.39 is 43.3 Å². The van der Waals surface area contributed by atoms with Crippen LogP contribution in [-0.4, -0.2) is 78.2 Å². The molecule has 14 heteroatoms. The number of carboxylic acid groups (broad SMARTS) is 1. The zero-order valence-corrected chi connectivity index (χ0v) is 25.4. The van der Waals surface area contributed by atoms with Crippen LogP contribution in [0.1, 0.15) is 41.0 Å². The summed E-state index contributed by atoms with van der Waals surface area (Å²) in [6.45, 7) is -1.16. The van der Waals surface area contributed by atoms with Crippen LogP contribution in [0.5, 0.6) is 5.75 Å². The number of nitrogens with zero attached hydrogens (tertiary/aromatic N) is 2. The molecule has 2 aliphatic heterocycles. The molecule has 3 heterocycles. The second kappa shape index (κ2) is 14.7. The number of hydrogen-bond donors (Lipinski definition) is 3. The van der Waals surface area contributed by atoms with Crippen molar-refractivity contribution in [3.63, 3.8) is 0 Å². The molecule has 3 N–H and O–H groups in total. The van der Waals surface area contributed by atoms with E-state index in [0.717, 1.165) is 35.1 Å². The van der Waals surface area contributed by atoms with Crippen LogP contribution in [0.25, 0.3) is 0 Å². The summed E-state index contributed by atoms with van der Waals surface area (Å²) >= 11 is 6.12. The van der Waals surface area contributed by atoms with Gasteiger partial charge in [0.25, 0.3) is 0 Å². The van der Waals surface area contributed by atoms with Crippen molar-refractivity contribution >= 4 is 29.3 Å². The Morgan fingerprint density at radius 1 is 1.15 bits per heavy atom. The highest BCUT2D eigenvalue weighted by atomic mass is 35.5. The Hall–Kier alpha value is -3.94. The highest BCUT2D eigenvalue weighted by Crippen LogP contribution is 2.35. The van der Waals surface area contributed by atoms with Gasteiger partial charge >= 0.3 is 12.3 Å². The second-order valence-electron chi connectivity index (χ2n) is 11.3. The molecule has 0 saturated carbocycles. The fourth-order valence-electron chi connectivity index (χ4n) is 5.73. The molecule has 2 aliphatic rings. The first-order valence-electron chi connectivity index (χ1n) is 14.8. The van der Waals surface area contributed by atoms with E-state index in [1.807, 2.05) is 30.3 Å². The van der Waals surface area contributed by atoms with E-state index in [1.54, 1.807) is 12.1 Å². The molecule has 0 unspecified atom stereocenters. The first-order valence-corrected chi connectivity index (χ1v) is 15.2. The Balaban J connectivity index is 1.21. The lowest BCUT2D eigenvalue weighted by molar-refractivity contribution is -0.143. The van der Waals surface area contributed by atoms with Crippen LogP contribution in [0.2, 0.25) is 5.02 Å². The number of amides is 2. The van der Waals surface area contributed by atoms with Gasteiger partial charge in [-0.15, -0.1) is 0 Å². The average molecular weight is 665 g/mol. The Morgan fingerprint density at radius 3 is 2.61 bits per heavy atom. The number of nitrogens with one attached hydrogen (secondary N) is 2. The molecule has 1 aromatic heterocycles. The summed E-state index contributed by atoms with van der Waals surface area (Å²) in [5.74, 6) is -0.423. The van der Waals surface area contributed by atoms with Gasteiger partial charge in [-0.3, -0.25) is 14.7 Å². The third-order valence-corrected chi connectivity index (χ3v) is 8.27. The Morgan fingerprint density at radius 2 is 1.91 bits per heavy atom. The number of ether oxygens (including phenoxy) is 2. The molecular weight excluding hydrogens is 632 g/mol. The molecule has 9 nitrogen and oxygen atoms in total. The molecular formula is C32H33ClF4N4O5. The van der Waals surface area contributed by atoms with Gasteiger partial charge in [-0.05, 0) is 47.7 Å². The molecule has 1 fully saturated rings. The number of carbonyl (C=O) groups is 2. The first-order chi connectivity index (χ1) is 21.9. The lowest BCUT2D eigenvalue weighted by atomic mass is 9.87. The van der Waals surface area contributed by atoms with Crippen molar-refractivity contribution in [1.29, 1.82) is 0 Å². The molecule has 2 aromatic carbocycles. The zero-order valence-electron chi connectivity index (χ0n) is 24.7. The first kappa shape index (κ1) is 33.4. The summed E-state index contributed by atoms with van der Waals surface area (Å²) in [5, 5.41) is 15.5. The van der Waals surface area contributed by atoms with Crippen molar-refractivity contribution in [2.75, 3.05) is 38.2 Å². The Kier molecular flexibility index (Phi) is 10.6. The molecule has 246 valence electrons. The Bertz CT molecular complexity index is 1530. The minimum atomic E-state index is -4.66. The quantitative estimate of drug-likeness (QED) is 0.222. The number of morpholine rings is 1. The van der Waals surface area contributed by atoms with Crippen molar-refractivity contribution in [1.82, 2.24) is 15.2 Å². The normalized spacial score (nSPS) is 18.4. The molecule has 0 spiro atoms. The summed E-state index contributed by atoms with van der Waals surface area (Å²) in [5.41, 5.74) is 3.37. The second-order valence-corrected chi connectivity index (χ2v) is 11.8. The number of benzene rings is 2. The van der Waals surface area contributed by atoms with Crippen LogP contribution in [0.3, 0.4) is 0 Å². The standard InChI is InChI=1S/C32H33ClF4N4O5/c33-22-4-1-19(2-5-22)26(20-3-8-29-21(11-20)9-10-45-29)12-30(42)40-28-15-38-14-27(34)25(28)7-6-24-13-39-23(17-46-24)16-41(31(43)44)18-32(35,36)37/h1-5,8,11,14-15,23-24,26,39H,6-7,9-10,12-13,16-18H2,(H,40,42)(H,43,44)/t23-,24+,26-/m0/s1. The molecule has 0 radical (unpaired) electrons. The van der Waals surface area contributed by atoms with Crippen molar-refractivity contribution in [2.45, 2.75) is 49.9 Å². The van der Waals surface area contributed by atoms with Crippen LogP contribution >= 0.6 is 11.6 Å². The average Bonchev–Trinajstić information content (AvgIpc) is 3.48. The molecule has 2 amide bonds. The lowest BCUT2D eigenvalue weighted by Crippen LogP contribution is -2.53. The third-order valence-electron chi connectivity index (χ3n) is 8.02. The smallest absolute Gasteiger partial charge is 0.407 e. The van der Waals surface area contributed by atoms with E-state index in [2.05, 4.69) is 15.6 Å². The predicted octanol–water partition coefficient (Wildman–Crippen LogP) is 5.80. The molecule has 0 aliphatic carbocycles. The number of pyridine rings is 1. The topological polar surface area (TPSA) is 113 Å². The summed E-state index contributed by atoms with van der Waals surface area (Å²) < 4.78 is 64.6. The molecule has 3 atom stereocenters. The number of anilines is 1. The third kappa shape index (κ3) is 8.86. The van der Waals surface area contributed by atoms with Gasteiger partial charge in [0, 0.05) is 48.5 Å². The zero-order chi connectivity index (χ0) is 32.8. The minimum Gasteiger partial charge on any atom is -0.493 e. The molecule has 46 heavy (non-hydrogen) atoms. The maximum Gasteiger partial charge on any atom is 0.407 e. The van der Waals surface area contributed by atoms with Crippen molar-refractivity contribution in [3.8, 4) is 5.75 Å². The minimum absolute atomic E-state index is 0.0182. The highest BCUT2D eigenvalue weighted by Gasteiger charge is 2.35. The number of rotatable bonds is 11. The van der Waals surface area contributed by atoms with Crippen molar-refractivity contribution < 1.29 is 41.7 Å². The SMILES string of the molecule is O=C(C[C@@H](c1ccc(Cl)cc1)c1ccc2c(c1)CCO2)Nc1cncc(F)c1CC[C@@H]1CN[C@@H](CN(CC(F)(F)F)C(=O)O)CO1. The predicted molar refractivity (Wildman–Crippen MR) is 162 cm³/mol. The Labute approximate surface area is 267 Å². The van der Waals surface area contributed by atoms with Gasteiger partial charge in [0.15, 0.2) is 0 Å². The van der Waals surface area contributed by atoms with Crippen LogP contribution in [0.4, 0.5) is 28.0 Å². The van der Waals surface area contributed by atoms with Gasteiger partial charge < -0.3 is 25.2 Å². The highest BCUT2D eigenvalue weighted by molar-refractivity contribution is 6.30. The number of hydrogen-bond acceptors (Lipinski definition) is 6. The number of halogens is 5. The van der Waals surface area contributed by atoms with Gasteiger partial charge in [0.05, 0.1) is 37.4 Å². The summed E-state index contributed by atoms with van der Waals surface area (Å²) in [7, 11) is 0. The number of alkyl halides is 3. The van der Waals surface area contributed by atoms with Gasteiger partial charge in [-0.1, -0.05) is 35.9 Å². The van der Waals surface area contributed by atoms with Gasteiger partial charge in [0.1, 0.15) is 18.1 Å². The molecule has 1 saturated heterocycles. The number of carbonyl (C=O) groups excluding carboxylic acids is 1. The van der Waals surface area contributed by atoms with Crippen LogP contribution in [0, 0.1) is 5.82 Å². The fraction of sp³-hybridized carbons (Fsp3) is 0.406. The van der Waals surface area contributed by atoms with Gasteiger partial charge in [-0.2, -0.15) is 13.2 Å². The van der Waals surface area contributed by atoms with Crippen LogP contribution < -0.4 is 15.4 Å². The van der Waals surface area contributed by atoms with Crippen LogP contribution in [-0.2, 0) is 22.4 Å². The molecule has 3 aromatic rings. The van der Waals surface area contributed by atoms with E-state index in [1.165, 1.54) is 6.20 Å². The number of fused-ring (bicyclic) bond motifs is 1. The fourth-order valence-corrected chi connectivity index (χ4v) is 5.85. The van der Waals surface area contributed by atoms with E-state index in [4.69, 9.17) is 26.2 Å². The van der Waals surface area contributed by atoms with Crippen LogP contribution in [0.15, 0.2) is 54.9 Å². The van der Waals surface area contributed by atoms with E-state index in [0.29, 0.717) is 23.0 Å². The van der Waals surface area contributed by atoms with Crippen molar-refractivity contribution in [3.05, 3.63) is 88.0 Å². The van der Waals surface area contributed by atoms with Crippen molar-refractivity contribution in [2.24, 2.45) is 0 Å². The number of aromatic nitrogens is 1. The van der Waals surface area contributed by atoms with E-state index in [9.17, 15) is 27.2 Å². The lowest BCUT2D eigenvalue weighted by Gasteiger charge is -2.33. The van der Waals surface area contributed by atoms with E-state index >= 15 is 0 Å². The summed E-state index contributed by atoms with van der Waals surface area (Å²) in [6, 6.07) is 12.5. The van der Waals surface area contributed by atoms with E-state index in [-0.39, 0.29) is 49.1 Å². The molecule has 5 rings (SSSR count). The summed E-state index contributed by atoms with van der Waals surface area (Å²) in [4.78, 5) is 28.9. The van der Waals surface area contributed by atoms with Gasteiger partial charge in [0.2, 0.25) is 5.91 Å². The summed E-state index contributed by atoms with van der Waals surface area (Å²) in [6.07, 6.45) is -2.94. The maximum absolute atomic E-state index is 15.0. The largest absolute Gasteiger partial charge is 0.493 e. The monoisotopic (exact) mass is 664 g/mol. The molecule has 0 bridgehead atoms. The maximum atomic E-state index is 15.0. The van der Waals surface area contributed by atoms with Gasteiger partial charge in [-0.25, -0.2) is 9.18 Å².